The topological polar surface area (TPSA) is 61.2 Å². The zero-order valence-electron chi connectivity index (χ0n) is 9.52. The highest BCUT2D eigenvalue weighted by atomic mass is 32.2. The second kappa shape index (κ2) is 5.89. The lowest BCUT2D eigenvalue weighted by molar-refractivity contribution is 0.447. The molecule has 0 spiro atoms. The minimum absolute atomic E-state index is 0.289. The van der Waals surface area contributed by atoms with Crippen LogP contribution in [0.3, 0.4) is 0 Å². The van der Waals surface area contributed by atoms with E-state index in [9.17, 15) is 8.42 Å². The van der Waals surface area contributed by atoms with E-state index < -0.39 is 15.3 Å². The highest BCUT2D eigenvalue weighted by Crippen LogP contribution is 2.12. The van der Waals surface area contributed by atoms with E-state index in [0.29, 0.717) is 13.0 Å². The maximum Gasteiger partial charge on any atom is 0.230 e. The molecule has 0 heterocycles. The van der Waals surface area contributed by atoms with Crippen molar-refractivity contribution in [2.24, 2.45) is 0 Å². The number of rotatable bonds is 6. The first-order chi connectivity index (χ1) is 6.89. The van der Waals surface area contributed by atoms with Gasteiger partial charge in [0, 0.05) is 13.1 Å². The lowest BCUT2D eigenvalue weighted by atomic mass is 10.3. The molecule has 0 aromatic heterocycles. The molecule has 5 heteroatoms. The lowest BCUT2D eigenvalue weighted by Gasteiger charge is -2.22. The molecule has 0 rings (SSSR count). The molecule has 1 atom stereocenters. The van der Waals surface area contributed by atoms with Gasteiger partial charge in [-0.3, -0.25) is 0 Å². The number of hydrogen-bond acceptors (Lipinski definition) is 3. The van der Waals surface area contributed by atoms with Crippen LogP contribution in [0.1, 0.15) is 27.2 Å². The van der Waals surface area contributed by atoms with Gasteiger partial charge < -0.3 is 0 Å². The SMILES string of the molecule is C=C(C)CN(CC)S(=O)(=O)C(C#N)CC. The summed E-state index contributed by atoms with van der Waals surface area (Å²) in [6, 6.07) is 1.82. The van der Waals surface area contributed by atoms with Crippen LogP contribution in [-0.2, 0) is 10.0 Å². The second-order valence-electron chi connectivity index (χ2n) is 3.45. The average molecular weight is 230 g/mol. The molecule has 0 aliphatic carbocycles. The fourth-order valence-corrected chi connectivity index (χ4v) is 2.91. The van der Waals surface area contributed by atoms with Crippen LogP contribution in [0.25, 0.3) is 0 Å². The van der Waals surface area contributed by atoms with Gasteiger partial charge in [-0.25, -0.2) is 8.42 Å². The number of hydrogen-bond donors (Lipinski definition) is 0. The van der Waals surface area contributed by atoms with E-state index in [1.165, 1.54) is 4.31 Å². The van der Waals surface area contributed by atoms with Crippen LogP contribution in [0.2, 0.25) is 0 Å². The van der Waals surface area contributed by atoms with Crippen LogP contribution >= 0.6 is 0 Å². The zero-order chi connectivity index (χ0) is 12.1. The van der Waals surface area contributed by atoms with Crippen LogP contribution < -0.4 is 0 Å². The predicted molar refractivity (Wildman–Crippen MR) is 60.7 cm³/mol. The van der Waals surface area contributed by atoms with E-state index >= 15 is 0 Å². The van der Waals surface area contributed by atoms with E-state index in [1.807, 2.05) is 6.07 Å². The van der Waals surface area contributed by atoms with Gasteiger partial charge in [0.2, 0.25) is 10.0 Å². The molecule has 86 valence electrons. The van der Waals surface area contributed by atoms with Crippen LogP contribution in [0, 0.1) is 11.3 Å². The normalized spacial score (nSPS) is 13.5. The van der Waals surface area contributed by atoms with Gasteiger partial charge in [-0.05, 0) is 13.3 Å². The predicted octanol–water partition coefficient (Wildman–Crippen LogP) is 1.52. The summed E-state index contributed by atoms with van der Waals surface area (Å²) >= 11 is 0. The first-order valence-corrected chi connectivity index (χ1v) is 6.43. The first kappa shape index (κ1) is 14.1. The van der Waals surface area contributed by atoms with Crippen molar-refractivity contribution in [1.29, 1.82) is 5.26 Å². The maximum atomic E-state index is 11.9. The summed E-state index contributed by atoms with van der Waals surface area (Å²) in [6.45, 7) is 9.55. The van der Waals surface area contributed by atoms with E-state index in [1.54, 1.807) is 20.8 Å². The summed E-state index contributed by atoms with van der Waals surface area (Å²) in [5.41, 5.74) is 0.771. The quantitative estimate of drug-likeness (QED) is 0.650. The van der Waals surface area contributed by atoms with Gasteiger partial charge in [-0.15, -0.1) is 0 Å². The van der Waals surface area contributed by atoms with Gasteiger partial charge in [0.1, 0.15) is 0 Å². The van der Waals surface area contributed by atoms with Crippen molar-refractivity contribution in [1.82, 2.24) is 4.31 Å². The van der Waals surface area contributed by atoms with Crippen molar-refractivity contribution in [2.45, 2.75) is 32.4 Å². The molecule has 4 nitrogen and oxygen atoms in total. The molecule has 0 radical (unpaired) electrons. The Morgan fingerprint density at radius 2 is 2.07 bits per heavy atom. The molecule has 0 saturated carbocycles. The second-order valence-corrected chi connectivity index (χ2v) is 5.57. The fourth-order valence-electron chi connectivity index (χ4n) is 1.23. The average Bonchev–Trinajstić information content (AvgIpc) is 2.15. The molecule has 0 saturated heterocycles. The summed E-state index contributed by atoms with van der Waals surface area (Å²) in [5, 5.41) is 7.81. The molecule has 0 fully saturated rings. The third-order valence-corrected chi connectivity index (χ3v) is 4.30. The zero-order valence-corrected chi connectivity index (χ0v) is 10.3. The standard InChI is InChI=1S/C10H18N2O2S/c1-5-10(7-11)15(13,14)12(6-2)8-9(3)4/h10H,3,5-6,8H2,1-2,4H3. The van der Waals surface area contributed by atoms with Crippen molar-refractivity contribution >= 4 is 10.0 Å². The Hall–Kier alpha value is -0.860. The molecule has 0 aliphatic rings. The number of likely N-dealkylation sites (N-methyl/N-ethyl adjacent to an activating group) is 1. The van der Waals surface area contributed by atoms with Gasteiger partial charge in [0.25, 0.3) is 0 Å². The lowest BCUT2D eigenvalue weighted by Crippen LogP contribution is -2.38. The third kappa shape index (κ3) is 3.65. The highest BCUT2D eigenvalue weighted by Gasteiger charge is 2.29. The Morgan fingerprint density at radius 1 is 1.53 bits per heavy atom. The first-order valence-electron chi connectivity index (χ1n) is 4.93. The van der Waals surface area contributed by atoms with Crippen molar-refractivity contribution in [2.75, 3.05) is 13.1 Å². The van der Waals surface area contributed by atoms with Gasteiger partial charge in [-0.2, -0.15) is 9.57 Å². The summed E-state index contributed by atoms with van der Waals surface area (Å²) < 4.78 is 25.1. The number of sulfonamides is 1. The largest absolute Gasteiger partial charge is 0.230 e. The Kier molecular flexibility index (Phi) is 5.55. The minimum atomic E-state index is -3.50. The van der Waals surface area contributed by atoms with Crippen molar-refractivity contribution < 1.29 is 8.42 Å². The van der Waals surface area contributed by atoms with E-state index in [-0.39, 0.29) is 6.54 Å². The Balaban J connectivity index is 4.98. The molecule has 0 aliphatic heterocycles. The molecule has 0 N–H and O–H groups in total. The minimum Gasteiger partial charge on any atom is -0.211 e. The van der Waals surface area contributed by atoms with E-state index in [0.717, 1.165) is 5.57 Å². The Bertz CT molecular complexity index is 354. The van der Waals surface area contributed by atoms with Crippen LogP contribution in [0.5, 0.6) is 0 Å². The molecular formula is C10H18N2O2S. The van der Waals surface area contributed by atoms with Crippen LogP contribution in [0.15, 0.2) is 12.2 Å². The van der Waals surface area contributed by atoms with Crippen molar-refractivity contribution in [3.8, 4) is 6.07 Å². The molecule has 0 amide bonds. The summed E-state index contributed by atoms with van der Waals surface area (Å²) in [5.74, 6) is 0. The molecule has 0 aromatic rings. The summed E-state index contributed by atoms with van der Waals surface area (Å²) in [7, 11) is -3.50. The van der Waals surface area contributed by atoms with Crippen molar-refractivity contribution in [3.05, 3.63) is 12.2 Å². The van der Waals surface area contributed by atoms with E-state index in [4.69, 9.17) is 5.26 Å². The van der Waals surface area contributed by atoms with Gasteiger partial charge in [0.15, 0.2) is 5.25 Å². The number of nitriles is 1. The Morgan fingerprint density at radius 3 is 2.33 bits per heavy atom. The summed E-state index contributed by atoms with van der Waals surface area (Å²) in [6.07, 6.45) is 0.311. The smallest absolute Gasteiger partial charge is 0.211 e. The Labute approximate surface area is 92.2 Å². The third-order valence-electron chi connectivity index (χ3n) is 2.03. The van der Waals surface area contributed by atoms with Gasteiger partial charge in [0.05, 0.1) is 6.07 Å². The molecular weight excluding hydrogens is 212 g/mol. The molecule has 15 heavy (non-hydrogen) atoms. The van der Waals surface area contributed by atoms with E-state index in [2.05, 4.69) is 6.58 Å². The van der Waals surface area contributed by atoms with Crippen molar-refractivity contribution in [3.63, 3.8) is 0 Å². The molecule has 0 bridgehead atoms. The maximum absolute atomic E-state index is 11.9. The molecule has 0 aromatic carbocycles. The van der Waals surface area contributed by atoms with Crippen LogP contribution in [0.4, 0.5) is 0 Å². The summed E-state index contributed by atoms with van der Waals surface area (Å²) in [4.78, 5) is 0. The number of nitrogens with zero attached hydrogens (tertiary/aromatic N) is 2. The van der Waals surface area contributed by atoms with Gasteiger partial charge >= 0.3 is 0 Å². The molecule has 1 unspecified atom stereocenters. The highest BCUT2D eigenvalue weighted by molar-refractivity contribution is 7.90. The van der Waals surface area contributed by atoms with Crippen LogP contribution in [-0.4, -0.2) is 31.1 Å². The monoisotopic (exact) mass is 230 g/mol. The van der Waals surface area contributed by atoms with Gasteiger partial charge in [-0.1, -0.05) is 26.0 Å². The fraction of sp³-hybridized carbons (Fsp3) is 0.700.